The Bertz CT molecular complexity index is 714. The highest BCUT2D eigenvalue weighted by Gasteiger charge is 2.08. The smallest absolute Gasteiger partial charge is 0.191 e. The number of hydrogen-bond acceptors (Lipinski definition) is 4. The van der Waals surface area contributed by atoms with E-state index in [0.717, 1.165) is 43.4 Å². The van der Waals surface area contributed by atoms with Gasteiger partial charge in [-0.15, -0.1) is 0 Å². The van der Waals surface area contributed by atoms with Gasteiger partial charge >= 0.3 is 0 Å². The first kappa shape index (κ1) is 20.6. The third-order valence-electron chi connectivity index (χ3n) is 3.94. The molecule has 0 bridgehead atoms. The van der Waals surface area contributed by atoms with Crippen LogP contribution in [0.15, 0.2) is 41.7 Å². The van der Waals surface area contributed by atoms with Gasteiger partial charge in [0.1, 0.15) is 6.10 Å². The molecule has 2 N–H and O–H groups in total. The molecule has 148 valence electrons. The Kier molecular flexibility index (Phi) is 8.48. The average molecular weight is 374 g/mol. The molecule has 2 aromatic rings. The van der Waals surface area contributed by atoms with Crippen LogP contribution in [0.3, 0.4) is 0 Å². The first-order chi connectivity index (χ1) is 13.1. The van der Waals surface area contributed by atoms with E-state index in [1.165, 1.54) is 5.56 Å². The summed E-state index contributed by atoms with van der Waals surface area (Å²) in [6, 6.07) is 7.65. The van der Waals surface area contributed by atoms with E-state index in [9.17, 15) is 0 Å². The van der Waals surface area contributed by atoms with Crippen LogP contribution in [0, 0.1) is 0 Å². The van der Waals surface area contributed by atoms with Gasteiger partial charge in [-0.25, -0.2) is 4.99 Å². The van der Waals surface area contributed by atoms with Gasteiger partial charge in [-0.1, -0.05) is 12.1 Å². The van der Waals surface area contributed by atoms with Crippen molar-refractivity contribution in [2.75, 3.05) is 26.7 Å². The molecule has 0 aliphatic carbocycles. The Hall–Kier alpha value is -2.70. The predicted octanol–water partition coefficient (Wildman–Crippen LogP) is 2.38. The fraction of sp³-hybridized carbons (Fsp3) is 0.500. The summed E-state index contributed by atoms with van der Waals surface area (Å²) in [7, 11) is 3.58. The van der Waals surface area contributed by atoms with Crippen LogP contribution in [-0.2, 0) is 13.5 Å². The number of aryl methyl sites for hydroxylation is 2. The van der Waals surface area contributed by atoms with Crippen molar-refractivity contribution in [3.05, 3.63) is 42.2 Å². The van der Waals surface area contributed by atoms with E-state index < -0.39 is 0 Å². The number of guanidine groups is 1. The molecule has 0 fully saturated rings. The molecule has 1 atom stereocenters. The number of benzene rings is 1. The summed E-state index contributed by atoms with van der Waals surface area (Å²) in [5.74, 6) is 2.27. The molecule has 1 aromatic carbocycles. The summed E-state index contributed by atoms with van der Waals surface area (Å²) in [5, 5.41) is 10.8. The number of aromatic nitrogens is 2. The van der Waals surface area contributed by atoms with Gasteiger partial charge in [0.15, 0.2) is 17.5 Å². The van der Waals surface area contributed by atoms with Crippen LogP contribution < -0.4 is 20.1 Å². The van der Waals surface area contributed by atoms with Crippen LogP contribution in [0.4, 0.5) is 0 Å². The lowest BCUT2D eigenvalue weighted by atomic mass is 10.2. The summed E-state index contributed by atoms with van der Waals surface area (Å²) < 4.78 is 13.1. The molecule has 1 unspecified atom stereocenters. The molecule has 2 rings (SSSR count). The summed E-state index contributed by atoms with van der Waals surface area (Å²) in [5.41, 5.74) is 1.25. The first-order valence-corrected chi connectivity index (χ1v) is 9.41. The number of nitrogens with zero attached hydrogens (tertiary/aromatic N) is 3. The molecule has 0 aliphatic heterocycles. The molecule has 7 nitrogen and oxygen atoms in total. The maximum Gasteiger partial charge on any atom is 0.191 e. The highest BCUT2D eigenvalue weighted by atomic mass is 16.5. The first-order valence-electron chi connectivity index (χ1n) is 9.41. The maximum atomic E-state index is 5.95. The lowest BCUT2D eigenvalue weighted by molar-refractivity contribution is 0.219. The number of ether oxygens (including phenoxy) is 2. The topological polar surface area (TPSA) is 72.7 Å². The molecule has 1 heterocycles. The minimum Gasteiger partial charge on any atom is -0.493 e. The van der Waals surface area contributed by atoms with Crippen molar-refractivity contribution in [2.24, 2.45) is 12.0 Å². The van der Waals surface area contributed by atoms with Crippen LogP contribution in [0.5, 0.6) is 11.5 Å². The van der Waals surface area contributed by atoms with E-state index in [2.05, 4.69) is 33.8 Å². The molecule has 0 radical (unpaired) electrons. The van der Waals surface area contributed by atoms with Crippen molar-refractivity contribution in [3.8, 4) is 11.5 Å². The third-order valence-corrected chi connectivity index (χ3v) is 3.94. The molecule has 0 aliphatic rings. The molecule has 7 heteroatoms. The van der Waals surface area contributed by atoms with E-state index in [-0.39, 0.29) is 6.10 Å². The maximum absolute atomic E-state index is 5.95. The van der Waals surface area contributed by atoms with Gasteiger partial charge in [-0.3, -0.25) is 4.68 Å². The van der Waals surface area contributed by atoms with Crippen molar-refractivity contribution in [1.82, 2.24) is 20.4 Å². The van der Waals surface area contributed by atoms with Crippen molar-refractivity contribution < 1.29 is 9.47 Å². The Labute approximate surface area is 161 Å². The molecule has 0 amide bonds. The molecule has 0 spiro atoms. The van der Waals surface area contributed by atoms with Gasteiger partial charge in [0.2, 0.25) is 0 Å². The summed E-state index contributed by atoms with van der Waals surface area (Å²) >= 11 is 0. The van der Waals surface area contributed by atoms with E-state index in [0.29, 0.717) is 6.54 Å². The average Bonchev–Trinajstić information content (AvgIpc) is 3.08. The largest absolute Gasteiger partial charge is 0.493 e. The third kappa shape index (κ3) is 7.21. The minimum atomic E-state index is -0.0628. The molecular formula is C20H31N5O2. The van der Waals surface area contributed by atoms with Gasteiger partial charge in [0, 0.05) is 26.3 Å². The number of aliphatic imine (C=N–C) groups is 1. The number of methoxy groups -OCH3 is 1. The fourth-order valence-corrected chi connectivity index (χ4v) is 2.63. The molecule has 27 heavy (non-hydrogen) atoms. The highest BCUT2D eigenvalue weighted by molar-refractivity contribution is 5.79. The number of rotatable bonds is 10. The van der Waals surface area contributed by atoms with Gasteiger partial charge < -0.3 is 20.1 Å². The van der Waals surface area contributed by atoms with Gasteiger partial charge in [0.25, 0.3) is 0 Å². The zero-order valence-electron chi connectivity index (χ0n) is 16.7. The lowest BCUT2D eigenvalue weighted by Gasteiger charge is -2.16. The van der Waals surface area contributed by atoms with Crippen molar-refractivity contribution in [3.63, 3.8) is 0 Å². The van der Waals surface area contributed by atoms with Crippen LogP contribution in [0.1, 0.15) is 25.8 Å². The van der Waals surface area contributed by atoms with Crippen molar-refractivity contribution in [1.29, 1.82) is 0 Å². The normalized spacial score (nSPS) is 12.5. The number of hydrogen-bond donors (Lipinski definition) is 2. The monoisotopic (exact) mass is 373 g/mol. The Morgan fingerprint density at radius 3 is 2.70 bits per heavy atom. The predicted molar refractivity (Wildman–Crippen MR) is 109 cm³/mol. The van der Waals surface area contributed by atoms with E-state index in [1.54, 1.807) is 7.11 Å². The highest BCUT2D eigenvalue weighted by Crippen LogP contribution is 2.26. The lowest BCUT2D eigenvalue weighted by Crippen LogP contribution is -2.38. The molecular weight excluding hydrogens is 342 g/mol. The van der Waals surface area contributed by atoms with Gasteiger partial charge in [0.05, 0.1) is 19.9 Å². The minimum absolute atomic E-state index is 0.0628. The second kappa shape index (κ2) is 11.1. The van der Waals surface area contributed by atoms with E-state index in [1.807, 2.05) is 49.1 Å². The van der Waals surface area contributed by atoms with Crippen molar-refractivity contribution >= 4 is 5.96 Å². The number of para-hydroxylation sites is 2. The van der Waals surface area contributed by atoms with Crippen LogP contribution in [-0.4, -0.2) is 48.6 Å². The Balaban J connectivity index is 1.79. The Morgan fingerprint density at radius 2 is 2.04 bits per heavy atom. The second-order valence-electron chi connectivity index (χ2n) is 6.35. The molecule has 0 saturated heterocycles. The fourth-order valence-electron chi connectivity index (χ4n) is 2.63. The molecule has 1 aromatic heterocycles. The van der Waals surface area contributed by atoms with Crippen LogP contribution >= 0.6 is 0 Å². The van der Waals surface area contributed by atoms with E-state index in [4.69, 9.17) is 9.47 Å². The zero-order chi connectivity index (χ0) is 19.5. The summed E-state index contributed by atoms with van der Waals surface area (Å²) in [6.45, 7) is 6.28. The van der Waals surface area contributed by atoms with Crippen molar-refractivity contribution in [2.45, 2.75) is 32.8 Å². The SMILES string of the molecule is CCNC(=NCC(C)Oc1ccccc1OC)NCCCc1cnn(C)c1. The summed E-state index contributed by atoms with van der Waals surface area (Å²) in [6.07, 6.45) is 5.91. The van der Waals surface area contributed by atoms with Crippen LogP contribution in [0.2, 0.25) is 0 Å². The standard InChI is InChI=1S/C20H31N5O2/c1-5-21-20(22-12-8-9-17-14-24-25(3)15-17)23-13-16(2)27-19-11-7-6-10-18(19)26-4/h6-7,10-11,14-16H,5,8-9,12-13H2,1-4H3,(H2,21,22,23). The van der Waals surface area contributed by atoms with Gasteiger partial charge in [-0.2, -0.15) is 5.10 Å². The quantitative estimate of drug-likeness (QED) is 0.380. The molecule has 0 saturated carbocycles. The number of nitrogens with one attached hydrogen (secondary N) is 2. The summed E-state index contributed by atoms with van der Waals surface area (Å²) in [4.78, 5) is 4.63. The zero-order valence-corrected chi connectivity index (χ0v) is 16.7. The Morgan fingerprint density at radius 1 is 1.26 bits per heavy atom. The van der Waals surface area contributed by atoms with Crippen LogP contribution in [0.25, 0.3) is 0 Å². The van der Waals surface area contributed by atoms with Gasteiger partial charge in [-0.05, 0) is 44.4 Å². The van der Waals surface area contributed by atoms with E-state index >= 15 is 0 Å². The second-order valence-corrected chi connectivity index (χ2v) is 6.35.